The van der Waals surface area contributed by atoms with Crippen molar-refractivity contribution >= 4 is 23.6 Å². The molecule has 1 saturated heterocycles. The summed E-state index contributed by atoms with van der Waals surface area (Å²) in [4.78, 5) is 29.0. The second-order valence-electron chi connectivity index (χ2n) is 8.32. The Kier molecular flexibility index (Phi) is 7.62. The van der Waals surface area contributed by atoms with E-state index >= 15 is 0 Å². The summed E-state index contributed by atoms with van der Waals surface area (Å²) in [6.07, 6.45) is 1.15. The molecular formula is C25H28FN5O2S. The van der Waals surface area contributed by atoms with Gasteiger partial charge in [-0.1, -0.05) is 42.1 Å². The zero-order valence-corrected chi connectivity index (χ0v) is 20.2. The first-order valence-electron chi connectivity index (χ1n) is 11.4. The van der Waals surface area contributed by atoms with E-state index < -0.39 is 5.82 Å². The molecule has 4 rings (SSSR count). The van der Waals surface area contributed by atoms with Crippen LogP contribution in [0.1, 0.15) is 35.9 Å². The van der Waals surface area contributed by atoms with Gasteiger partial charge in [-0.25, -0.2) is 4.39 Å². The monoisotopic (exact) mass is 481 g/mol. The van der Waals surface area contributed by atoms with Crippen LogP contribution >= 0.6 is 11.8 Å². The van der Waals surface area contributed by atoms with Crippen LogP contribution in [0.5, 0.6) is 0 Å². The van der Waals surface area contributed by atoms with Crippen LogP contribution in [-0.2, 0) is 4.79 Å². The number of hydrogen-bond acceptors (Lipinski definition) is 5. The number of rotatable bonds is 7. The maximum atomic E-state index is 14.0. The number of piperazine rings is 1. The van der Waals surface area contributed by atoms with Gasteiger partial charge in [-0.2, -0.15) is 0 Å². The molecule has 0 aliphatic carbocycles. The van der Waals surface area contributed by atoms with Crippen molar-refractivity contribution in [2.24, 2.45) is 0 Å². The van der Waals surface area contributed by atoms with Crippen molar-refractivity contribution in [3.8, 4) is 5.69 Å². The number of amides is 2. The van der Waals surface area contributed by atoms with Crippen LogP contribution in [0.2, 0.25) is 0 Å². The molecule has 1 aliphatic heterocycles. The van der Waals surface area contributed by atoms with Gasteiger partial charge in [0, 0.05) is 43.5 Å². The Morgan fingerprint density at radius 1 is 1.06 bits per heavy atom. The number of benzene rings is 2. The molecule has 0 bridgehead atoms. The first-order chi connectivity index (χ1) is 16.5. The number of aryl methyl sites for hydroxylation is 1. The largest absolute Gasteiger partial charge is 0.339 e. The summed E-state index contributed by atoms with van der Waals surface area (Å²) in [6, 6.07) is 15.8. The number of thioether (sulfide) groups is 1. The van der Waals surface area contributed by atoms with Crippen molar-refractivity contribution in [1.82, 2.24) is 24.6 Å². The maximum absolute atomic E-state index is 14.0. The van der Waals surface area contributed by atoms with E-state index in [2.05, 4.69) is 10.2 Å². The fraction of sp³-hybridized carbons (Fsp3) is 0.360. The van der Waals surface area contributed by atoms with Gasteiger partial charge in [0.25, 0.3) is 5.91 Å². The van der Waals surface area contributed by atoms with E-state index in [1.54, 1.807) is 33.7 Å². The fourth-order valence-corrected chi connectivity index (χ4v) is 5.07. The van der Waals surface area contributed by atoms with Gasteiger partial charge in [-0.3, -0.25) is 14.2 Å². The zero-order valence-electron chi connectivity index (χ0n) is 19.4. The van der Waals surface area contributed by atoms with Crippen LogP contribution in [0.25, 0.3) is 5.69 Å². The lowest BCUT2D eigenvalue weighted by Gasteiger charge is -2.40. The van der Waals surface area contributed by atoms with Crippen molar-refractivity contribution in [1.29, 1.82) is 0 Å². The van der Waals surface area contributed by atoms with E-state index in [9.17, 15) is 14.0 Å². The van der Waals surface area contributed by atoms with Gasteiger partial charge in [-0.05, 0) is 44.5 Å². The van der Waals surface area contributed by atoms with Gasteiger partial charge < -0.3 is 9.80 Å². The summed E-state index contributed by atoms with van der Waals surface area (Å²) in [7, 11) is 0. The minimum absolute atomic E-state index is 0.0738. The molecule has 0 radical (unpaired) electrons. The highest BCUT2D eigenvalue weighted by Crippen LogP contribution is 2.23. The van der Waals surface area contributed by atoms with Crippen LogP contribution in [0, 0.1) is 12.7 Å². The minimum Gasteiger partial charge on any atom is -0.339 e. The molecule has 0 N–H and O–H groups in total. The molecule has 3 aromatic rings. The summed E-state index contributed by atoms with van der Waals surface area (Å²) < 4.78 is 16.0. The normalized spacial score (nSPS) is 16.0. The van der Waals surface area contributed by atoms with E-state index in [4.69, 9.17) is 0 Å². The Balaban J connectivity index is 1.26. The highest BCUT2D eigenvalue weighted by Gasteiger charge is 2.31. The molecule has 0 spiro atoms. The van der Waals surface area contributed by atoms with Crippen LogP contribution in [0.4, 0.5) is 4.39 Å². The Labute approximate surface area is 203 Å². The van der Waals surface area contributed by atoms with Crippen molar-refractivity contribution in [2.45, 2.75) is 37.9 Å². The van der Waals surface area contributed by atoms with Crippen molar-refractivity contribution in [3.63, 3.8) is 0 Å². The van der Waals surface area contributed by atoms with E-state index in [0.717, 1.165) is 22.4 Å². The van der Waals surface area contributed by atoms with Crippen molar-refractivity contribution in [3.05, 3.63) is 71.8 Å². The number of aromatic nitrogens is 3. The highest BCUT2D eigenvalue weighted by atomic mass is 32.2. The number of halogens is 1. The van der Waals surface area contributed by atoms with Gasteiger partial charge in [0.15, 0.2) is 5.16 Å². The van der Waals surface area contributed by atoms with Gasteiger partial charge in [0.2, 0.25) is 5.91 Å². The molecule has 9 heteroatoms. The summed E-state index contributed by atoms with van der Waals surface area (Å²) in [5.41, 5.74) is 1.09. The smallest absolute Gasteiger partial charge is 0.257 e. The third kappa shape index (κ3) is 5.30. The van der Waals surface area contributed by atoms with E-state index in [1.165, 1.54) is 12.1 Å². The molecule has 2 aromatic carbocycles. The first kappa shape index (κ1) is 23.9. The van der Waals surface area contributed by atoms with E-state index in [0.29, 0.717) is 32.5 Å². The third-order valence-electron chi connectivity index (χ3n) is 5.92. The van der Waals surface area contributed by atoms with Crippen LogP contribution < -0.4 is 0 Å². The third-order valence-corrected chi connectivity index (χ3v) is 6.94. The summed E-state index contributed by atoms with van der Waals surface area (Å²) in [5, 5.41) is 9.29. The molecule has 1 aromatic heterocycles. The van der Waals surface area contributed by atoms with Crippen LogP contribution in [-0.4, -0.2) is 67.8 Å². The van der Waals surface area contributed by atoms with Gasteiger partial charge in [-0.15, -0.1) is 10.2 Å². The summed E-state index contributed by atoms with van der Waals surface area (Å²) in [6.45, 7) is 5.12. The number of para-hydroxylation sites is 1. The summed E-state index contributed by atoms with van der Waals surface area (Å²) >= 11 is 1.59. The van der Waals surface area contributed by atoms with Crippen LogP contribution in [0.15, 0.2) is 59.8 Å². The van der Waals surface area contributed by atoms with E-state index in [1.807, 2.05) is 48.7 Å². The predicted molar refractivity (Wildman–Crippen MR) is 130 cm³/mol. The number of nitrogens with zero attached hydrogens (tertiary/aromatic N) is 5. The zero-order chi connectivity index (χ0) is 24.1. The minimum atomic E-state index is -0.519. The molecule has 1 unspecified atom stereocenters. The Bertz CT molecular complexity index is 1150. The van der Waals surface area contributed by atoms with Crippen LogP contribution in [0.3, 0.4) is 0 Å². The average Bonchev–Trinajstić information content (AvgIpc) is 3.22. The second-order valence-corrected chi connectivity index (χ2v) is 9.38. The van der Waals surface area contributed by atoms with Gasteiger partial charge in [0.05, 0.1) is 5.56 Å². The topological polar surface area (TPSA) is 71.3 Å². The molecule has 1 aliphatic rings. The average molecular weight is 482 g/mol. The van der Waals surface area contributed by atoms with Crippen molar-refractivity contribution in [2.75, 3.05) is 25.4 Å². The molecule has 0 saturated carbocycles. The number of carbonyl (C=O) groups excluding carboxylic acids is 2. The standard InChI is InChI=1S/C25H28FN5O2S/c1-18-17-29(14-15-30(18)24(33)21-11-6-7-12-22(21)26)23(32)13-8-16-34-25-28-27-19(2)31(25)20-9-4-3-5-10-20/h3-7,9-12,18H,8,13-17H2,1-2H3. The first-order valence-corrected chi connectivity index (χ1v) is 12.4. The molecule has 34 heavy (non-hydrogen) atoms. The number of hydrogen-bond donors (Lipinski definition) is 0. The SMILES string of the molecule is Cc1nnc(SCCCC(=O)N2CCN(C(=O)c3ccccc3F)C(C)C2)n1-c1ccccc1. The fourth-order valence-electron chi connectivity index (χ4n) is 4.13. The highest BCUT2D eigenvalue weighted by molar-refractivity contribution is 7.99. The molecule has 1 atom stereocenters. The Hall–Kier alpha value is -3.20. The molecular weight excluding hydrogens is 453 g/mol. The molecule has 2 heterocycles. The Morgan fingerprint density at radius 3 is 2.53 bits per heavy atom. The van der Waals surface area contributed by atoms with Gasteiger partial charge in [0.1, 0.15) is 11.6 Å². The lowest BCUT2D eigenvalue weighted by Crippen LogP contribution is -2.55. The van der Waals surface area contributed by atoms with Crippen molar-refractivity contribution < 1.29 is 14.0 Å². The quantitative estimate of drug-likeness (QED) is 0.377. The lowest BCUT2D eigenvalue weighted by atomic mass is 10.1. The lowest BCUT2D eigenvalue weighted by molar-refractivity contribution is -0.133. The molecule has 2 amide bonds. The second kappa shape index (κ2) is 10.8. The maximum Gasteiger partial charge on any atom is 0.257 e. The summed E-state index contributed by atoms with van der Waals surface area (Å²) in [5.74, 6) is 0.798. The Morgan fingerprint density at radius 2 is 1.79 bits per heavy atom. The predicted octanol–water partition coefficient (Wildman–Crippen LogP) is 3.96. The number of carbonyl (C=O) groups is 2. The van der Waals surface area contributed by atoms with Gasteiger partial charge >= 0.3 is 0 Å². The van der Waals surface area contributed by atoms with E-state index in [-0.39, 0.29) is 23.4 Å². The molecule has 178 valence electrons. The molecule has 1 fully saturated rings. The molecule has 7 nitrogen and oxygen atoms in total.